The molecule has 1 aromatic heterocycles. The van der Waals surface area contributed by atoms with Crippen LogP contribution in [-0.4, -0.2) is 16.6 Å². The predicted octanol–water partition coefficient (Wildman–Crippen LogP) is 2.80. The second kappa shape index (κ2) is 4.97. The van der Waals surface area contributed by atoms with E-state index in [2.05, 4.69) is 11.1 Å². The summed E-state index contributed by atoms with van der Waals surface area (Å²) in [5.74, 6) is -0.125. The van der Waals surface area contributed by atoms with Crippen molar-refractivity contribution in [2.75, 3.05) is 11.4 Å². The number of hydrogen-bond acceptors (Lipinski definition) is 3. The highest BCUT2D eigenvalue weighted by atomic mass is 19.1. The zero-order chi connectivity index (χ0) is 13.2. The van der Waals surface area contributed by atoms with Gasteiger partial charge in [-0.15, -0.1) is 0 Å². The smallest absolute Gasteiger partial charge is 0.171 e. The summed E-state index contributed by atoms with van der Waals surface area (Å²) >= 11 is 0. The summed E-state index contributed by atoms with van der Waals surface area (Å²) in [4.78, 5) is 6.05. The van der Waals surface area contributed by atoms with Crippen molar-refractivity contribution < 1.29 is 9.50 Å². The summed E-state index contributed by atoms with van der Waals surface area (Å²) in [6.07, 6.45) is 3.52. The Morgan fingerprint density at radius 2 is 2.11 bits per heavy atom. The molecule has 0 atom stereocenters. The maximum atomic E-state index is 14.3. The molecule has 2 aromatic rings. The average molecular weight is 258 g/mol. The first-order valence-electron chi connectivity index (χ1n) is 6.41. The van der Waals surface area contributed by atoms with Crippen LogP contribution in [0.4, 0.5) is 15.9 Å². The lowest BCUT2D eigenvalue weighted by molar-refractivity contribution is 0.275. The molecule has 2 heterocycles. The molecule has 0 unspecified atom stereocenters. The van der Waals surface area contributed by atoms with Crippen LogP contribution in [0.3, 0.4) is 0 Å². The van der Waals surface area contributed by atoms with Crippen molar-refractivity contribution in [2.24, 2.45) is 0 Å². The van der Waals surface area contributed by atoms with Gasteiger partial charge in [-0.25, -0.2) is 9.37 Å². The second-order valence-corrected chi connectivity index (χ2v) is 4.65. The molecule has 1 aliphatic heterocycles. The maximum Gasteiger partial charge on any atom is 0.171 e. The SMILES string of the molecule is OCc1ccnc(N2CCCc3ccccc32)c1F. The van der Waals surface area contributed by atoms with E-state index in [-0.39, 0.29) is 12.2 Å². The van der Waals surface area contributed by atoms with Crippen molar-refractivity contribution in [2.45, 2.75) is 19.4 Å². The van der Waals surface area contributed by atoms with Crippen LogP contribution < -0.4 is 4.90 Å². The normalized spacial score (nSPS) is 14.3. The number of anilines is 2. The largest absolute Gasteiger partial charge is 0.392 e. The zero-order valence-corrected chi connectivity index (χ0v) is 10.5. The van der Waals surface area contributed by atoms with E-state index in [1.165, 1.54) is 11.6 Å². The molecule has 1 N–H and O–H groups in total. The Labute approximate surface area is 111 Å². The third-order valence-corrected chi connectivity index (χ3v) is 3.49. The number of pyridine rings is 1. The van der Waals surface area contributed by atoms with E-state index in [1.807, 2.05) is 23.1 Å². The van der Waals surface area contributed by atoms with Gasteiger partial charge in [-0.2, -0.15) is 0 Å². The van der Waals surface area contributed by atoms with E-state index in [1.54, 1.807) is 6.20 Å². The predicted molar refractivity (Wildman–Crippen MR) is 71.9 cm³/mol. The molecular weight excluding hydrogens is 243 g/mol. The van der Waals surface area contributed by atoms with Crippen LogP contribution in [0.25, 0.3) is 0 Å². The third kappa shape index (κ3) is 2.08. The van der Waals surface area contributed by atoms with Gasteiger partial charge in [0.2, 0.25) is 0 Å². The molecule has 19 heavy (non-hydrogen) atoms. The van der Waals surface area contributed by atoms with Crippen LogP contribution in [-0.2, 0) is 13.0 Å². The molecule has 0 spiro atoms. The van der Waals surface area contributed by atoms with E-state index < -0.39 is 5.82 Å². The van der Waals surface area contributed by atoms with Gasteiger partial charge in [0, 0.05) is 24.0 Å². The standard InChI is InChI=1S/C15H15FN2O/c16-14-12(10-19)7-8-17-15(14)18-9-3-5-11-4-1-2-6-13(11)18/h1-2,4,6-8,19H,3,5,9-10H2. The zero-order valence-electron chi connectivity index (χ0n) is 10.5. The quantitative estimate of drug-likeness (QED) is 0.899. The molecule has 0 aliphatic carbocycles. The van der Waals surface area contributed by atoms with Gasteiger partial charge in [0.05, 0.1) is 6.61 Å². The van der Waals surface area contributed by atoms with Crippen molar-refractivity contribution in [3.63, 3.8) is 0 Å². The second-order valence-electron chi connectivity index (χ2n) is 4.65. The summed E-state index contributed by atoms with van der Waals surface area (Å²) in [7, 11) is 0. The Morgan fingerprint density at radius 3 is 2.95 bits per heavy atom. The van der Waals surface area contributed by atoms with Crippen LogP contribution in [0.5, 0.6) is 0 Å². The molecule has 0 bridgehead atoms. The van der Waals surface area contributed by atoms with Crippen molar-refractivity contribution in [1.29, 1.82) is 0 Å². The van der Waals surface area contributed by atoms with Crippen molar-refractivity contribution in [3.05, 3.63) is 53.5 Å². The van der Waals surface area contributed by atoms with Crippen LogP contribution >= 0.6 is 0 Å². The minimum atomic E-state index is -0.429. The minimum Gasteiger partial charge on any atom is -0.392 e. The van der Waals surface area contributed by atoms with Gasteiger partial charge in [0.15, 0.2) is 11.6 Å². The molecule has 0 fully saturated rings. The molecular formula is C15H15FN2O. The highest BCUT2D eigenvalue weighted by Crippen LogP contribution is 2.33. The molecule has 4 heteroatoms. The highest BCUT2D eigenvalue weighted by molar-refractivity contribution is 5.66. The molecule has 0 radical (unpaired) electrons. The van der Waals surface area contributed by atoms with Crippen molar-refractivity contribution in [3.8, 4) is 0 Å². The van der Waals surface area contributed by atoms with Gasteiger partial charge >= 0.3 is 0 Å². The number of rotatable bonds is 2. The van der Waals surface area contributed by atoms with E-state index in [9.17, 15) is 4.39 Å². The number of aliphatic hydroxyl groups is 1. The fourth-order valence-electron chi connectivity index (χ4n) is 2.54. The molecule has 1 aromatic carbocycles. The fraction of sp³-hybridized carbons (Fsp3) is 0.267. The molecule has 0 saturated carbocycles. The number of fused-ring (bicyclic) bond motifs is 1. The van der Waals surface area contributed by atoms with Gasteiger partial charge in [0.25, 0.3) is 0 Å². The number of nitrogens with zero attached hydrogens (tertiary/aromatic N) is 2. The van der Waals surface area contributed by atoms with E-state index in [0.717, 1.165) is 25.1 Å². The number of para-hydroxylation sites is 1. The Balaban J connectivity index is 2.09. The summed E-state index contributed by atoms with van der Waals surface area (Å²) in [6, 6.07) is 9.51. The summed E-state index contributed by atoms with van der Waals surface area (Å²) in [6.45, 7) is 0.437. The van der Waals surface area contributed by atoms with Gasteiger partial charge in [-0.3, -0.25) is 0 Å². The molecule has 3 nitrogen and oxygen atoms in total. The van der Waals surface area contributed by atoms with Crippen LogP contribution in [0.1, 0.15) is 17.5 Å². The number of aliphatic hydroxyl groups excluding tert-OH is 1. The Morgan fingerprint density at radius 1 is 1.26 bits per heavy atom. The van der Waals surface area contributed by atoms with Crippen molar-refractivity contribution in [1.82, 2.24) is 4.98 Å². The van der Waals surface area contributed by atoms with Crippen LogP contribution in [0.2, 0.25) is 0 Å². The summed E-state index contributed by atoms with van der Waals surface area (Å²) in [5, 5.41) is 9.15. The molecule has 0 amide bonds. The van der Waals surface area contributed by atoms with Gasteiger partial charge in [-0.1, -0.05) is 18.2 Å². The Hall–Kier alpha value is -1.94. The first kappa shape index (κ1) is 12.1. The van der Waals surface area contributed by atoms with E-state index in [0.29, 0.717) is 5.82 Å². The highest BCUT2D eigenvalue weighted by Gasteiger charge is 2.22. The fourth-order valence-corrected chi connectivity index (χ4v) is 2.54. The van der Waals surface area contributed by atoms with Crippen LogP contribution in [0, 0.1) is 5.82 Å². The van der Waals surface area contributed by atoms with Gasteiger partial charge in [0.1, 0.15) is 0 Å². The summed E-state index contributed by atoms with van der Waals surface area (Å²) < 4.78 is 14.3. The van der Waals surface area contributed by atoms with E-state index >= 15 is 0 Å². The third-order valence-electron chi connectivity index (χ3n) is 3.49. The molecule has 1 aliphatic rings. The molecule has 3 rings (SSSR count). The monoisotopic (exact) mass is 258 g/mol. The number of aryl methyl sites for hydroxylation is 1. The average Bonchev–Trinajstić information content (AvgIpc) is 2.47. The molecule has 98 valence electrons. The summed E-state index contributed by atoms with van der Waals surface area (Å²) in [5.41, 5.74) is 2.51. The van der Waals surface area contributed by atoms with Gasteiger partial charge in [-0.05, 0) is 30.5 Å². The lowest BCUT2D eigenvalue weighted by atomic mass is 10.0. The Bertz CT molecular complexity index is 600. The van der Waals surface area contributed by atoms with Crippen LogP contribution in [0.15, 0.2) is 36.5 Å². The number of benzene rings is 1. The topological polar surface area (TPSA) is 36.4 Å². The number of halogens is 1. The maximum absolute atomic E-state index is 14.3. The first-order chi connectivity index (χ1) is 9.31. The van der Waals surface area contributed by atoms with E-state index in [4.69, 9.17) is 5.11 Å². The minimum absolute atomic E-state index is 0.285. The lowest BCUT2D eigenvalue weighted by Gasteiger charge is -2.30. The first-order valence-corrected chi connectivity index (χ1v) is 6.41. The Kier molecular flexibility index (Phi) is 3.17. The van der Waals surface area contributed by atoms with Crippen molar-refractivity contribution >= 4 is 11.5 Å². The molecule has 0 saturated heterocycles. The van der Waals surface area contributed by atoms with Gasteiger partial charge < -0.3 is 10.0 Å². The number of aromatic nitrogens is 1. The lowest BCUT2D eigenvalue weighted by Crippen LogP contribution is -2.26. The number of hydrogen-bond donors (Lipinski definition) is 1.